The Kier molecular flexibility index (Phi) is 4.03. The lowest BCUT2D eigenvalue weighted by molar-refractivity contribution is -0.0601. The first-order valence-corrected chi connectivity index (χ1v) is 8.14. The van der Waals surface area contributed by atoms with Crippen molar-refractivity contribution in [3.05, 3.63) is 23.2 Å². The topological polar surface area (TPSA) is 56.9 Å². The number of likely N-dealkylation sites (tertiary alicyclic amines) is 2. The van der Waals surface area contributed by atoms with Gasteiger partial charge < -0.3 is 19.3 Å². The molecule has 1 aromatic heterocycles. The van der Waals surface area contributed by atoms with E-state index < -0.39 is 0 Å². The van der Waals surface area contributed by atoms with E-state index in [0.717, 1.165) is 31.6 Å². The summed E-state index contributed by atoms with van der Waals surface area (Å²) in [6, 6.07) is 2.08. The van der Waals surface area contributed by atoms with Crippen molar-refractivity contribution in [3.8, 4) is 0 Å². The molecule has 122 valence electrons. The van der Waals surface area contributed by atoms with Crippen LogP contribution >= 0.6 is 0 Å². The molecule has 22 heavy (non-hydrogen) atoms. The molecule has 0 spiro atoms. The number of rotatable bonds is 2. The Morgan fingerprint density at radius 1 is 1.41 bits per heavy atom. The Labute approximate surface area is 131 Å². The van der Waals surface area contributed by atoms with Crippen molar-refractivity contribution in [2.75, 3.05) is 33.3 Å². The zero-order chi connectivity index (χ0) is 15.9. The Balaban J connectivity index is 1.81. The van der Waals surface area contributed by atoms with Gasteiger partial charge in [0.05, 0.1) is 12.2 Å². The highest BCUT2D eigenvalue weighted by atomic mass is 16.3. The van der Waals surface area contributed by atoms with Crippen molar-refractivity contribution >= 4 is 5.91 Å². The van der Waals surface area contributed by atoms with Gasteiger partial charge in [-0.15, -0.1) is 0 Å². The van der Waals surface area contributed by atoms with E-state index in [1.807, 2.05) is 24.8 Å². The molecule has 2 fully saturated rings. The van der Waals surface area contributed by atoms with Crippen molar-refractivity contribution in [1.29, 1.82) is 0 Å². The maximum absolute atomic E-state index is 12.8. The third-order valence-electron chi connectivity index (χ3n) is 5.57. The van der Waals surface area contributed by atoms with Gasteiger partial charge in [-0.3, -0.25) is 4.79 Å². The first-order chi connectivity index (χ1) is 10.5. The standard InChI is InChI=1S/C17H26N2O3/c1-12-9-14(13(2)22-12)16(21)19-8-6-17(11-20)5-4-7-18(3)15(17)10-19/h9,15,20H,4-8,10-11H2,1-3H3/t15-,17-/m1/s1. The number of furan rings is 1. The van der Waals surface area contributed by atoms with Gasteiger partial charge in [0.2, 0.25) is 0 Å². The van der Waals surface area contributed by atoms with Crippen LogP contribution in [0.25, 0.3) is 0 Å². The van der Waals surface area contributed by atoms with E-state index in [0.29, 0.717) is 24.4 Å². The molecule has 1 aromatic rings. The molecule has 2 atom stereocenters. The molecule has 3 rings (SSSR count). The van der Waals surface area contributed by atoms with Crippen LogP contribution in [0.3, 0.4) is 0 Å². The van der Waals surface area contributed by atoms with E-state index in [-0.39, 0.29) is 24.0 Å². The molecule has 0 unspecified atom stereocenters. The maximum atomic E-state index is 12.8. The zero-order valence-corrected chi connectivity index (χ0v) is 13.8. The van der Waals surface area contributed by atoms with Crippen molar-refractivity contribution in [1.82, 2.24) is 9.80 Å². The number of likely N-dealkylation sites (N-methyl/N-ethyl adjacent to an activating group) is 1. The van der Waals surface area contributed by atoms with Crippen LogP contribution in [0.2, 0.25) is 0 Å². The highest BCUT2D eigenvalue weighted by molar-refractivity contribution is 5.95. The van der Waals surface area contributed by atoms with Crippen molar-refractivity contribution in [2.45, 2.75) is 39.2 Å². The van der Waals surface area contributed by atoms with Crippen LogP contribution < -0.4 is 0 Å². The third-order valence-corrected chi connectivity index (χ3v) is 5.57. The molecule has 0 aliphatic carbocycles. The highest BCUT2D eigenvalue weighted by Crippen LogP contribution is 2.41. The summed E-state index contributed by atoms with van der Waals surface area (Å²) in [4.78, 5) is 17.0. The van der Waals surface area contributed by atoms with E-state index >= 15 is 0 Å². The van der Waals surface area contributed by atoms with Gasteiger partial charge in [-0.2, -0.15) is 0 Å². The van der Waals surface area contributed by atoms with Gasteiger partial charge in [-0.05, 0) is 52.8 Å². The molecule has 3 heterocycles. The number of amides is 1. The Morgan fingerprint density at radius 2 is 2.18 bits per heavy atom. The largest absolute Gasteiger partial charge is 0.466 e. The quantitative estimate of drug-likeness (QED) is 0.905. The molecular formula is C17H26N2O3. The number of carbonyl (C=O) groups excluding carboxylic acids is 1. The van der Waals surface area contributed by atoms with Crippen LogP contribution in [0.1, 0.15) is 41.1 Å². The number of hydrogen-bond donors (Lipinski definition) is 1. The van der Waals surface area contributed by atoms with E-state index in [1.54, 1.807) is 0 Å². The summed E-state index contributed by atoms with van der Waals surface area (Å²) in [5.41, 5.74) is 0.637. The number of hydrogen-bond acceptors (Lipinski definition) is 4. The average molecular weight is 306 g/mol. The summed E-state index contributed by atoms with van der Waals surface area (Å²) in [5.74, 6) is 1.52. The minimum Gasteiger partial charge on any atom is -0.466 e. The van der Waals surface area contributed by atoms with E-state index in [2.05, 4.69) is 11.9 Å². The van der Waals surface area contributed by atoms with Gasteiger partial charge in [-0.25, -0.2) is 0 Å². The normalized spacial score (nSPS) is 29.5. The van der Waals surface area contributed by atoms with Crippen molar-refractivity contribution < 1.29 is 14.3 Å². The number of carbonyl (C=O) groups is 1. The van der Waals surface area contributed by atoms with E-state index in [1.165, 1.54) is 0 Å². The third kappa shape index (κ3) is 2.46. The van der Waals surface area contributed by atoms with Crippen LogP contribution in [-0.4, -0.2) is 60.1 Å². The molecule has 2 saturated heterocycles. The molecule has 2 aliphatic heterocycles. The predicted octanol–water partition coefficient (Wildman–Crippen LogP) is 1.82. The number of aliphatic hydroxyl groups is 1. The lowest BCUT2D eigenvalue weighted by atomic mass is 9.69. The van der Waals surface area contributed by atoms with Gasteiger partial charge in [0.15, 0.2) is 0 Å². The smallest absolute Gasteiger partial charge is 0.257 e. The fraction of sp³-hybridized carbons (Fsp3) is 0.706. The molecule has 1 amide bonds. The highest BCUT2D eigenvalue weighted by Gasteiger charge is 2.47. The van der Waals surface area contributed by atoms with E-state index in [4.69, 9.17) is 4.42 Å². The molecule has 0 saturated carbocycles. The zero-order valence-electron chi connectivity index (χ0n) is 13.8. The predicted molar refractivity (Wildman–Crippen MR) is 83.9 cm³/mol. The summed E-state index contributed by atoms with van der Waals surface area (Å²) >= 11 is 0. The van der Waals surface area contributed by atoms with Gasteiger partial charge in [0, 0.05) is 24.5 Å². The molecule has 0 radical (unpaired) electrons. The van der Waals surface area contributed by atoms with Crippen LogP contribution in [0, 0.1) is 19.3 Å². The Morgan fingerprint density at radius 3 is 2.82 bits per heavy atom. The minimum atomic E-state index is -0.0366. The Bertz CT molecular complexity index is 568. The molecule has 5 heteroatoms. The molecule has 2 aliphatic rings. The summed E-state index contributed by atoms with van der Waals surface area (Å²) in [6.45, 7) is 6.37. The van der Waals surface area contributed by atoms with Gasteiger partial charge in [0.1, 0.15) is 11.5 Å². The molecular weight excluding hydrogens is 280 g/mol. The number of nitrogens with zero attached hydrogens (tertiary/aromatic N) is 2. The van der Waals surface area contributed by atoms with Crippen LogP contribution in [-0.2, 0) is 0 Å². The number of aryl methyl sites for hydroxylation is 2. The van der Waals surface area contributed by atoms with E-state index in [9.17, 15) is 9.90 Å². The second-order valence-electron chi connectivity index (χ2n) is 6.95. The maximum Gasteiger partial charge on any atom is 0.257 e. The fourth-order valence-corrected chi connectivity index (χ4v) is 4.21. The van der Waals surface area contributed by atoms with Crippen LogP contribution in [0.4, 0.5) is 0 Å². The van der Waals surface area contributed by atoms with Gasteiger partial charge in [0.25, 0.3) is 5.91 Å². The molecule has 0 aromatic carbocycles. The SMILES string of the molecule is Cc1cc(C(=O)N2CC[C@@]3(CO)CCCN(C)[C@@H]3C2)c(C)o1. The molecule has 1 N–H and O–H groups in total. The van der Waals surface area contributed by atoms with Crippen molar-refractivity contribution in [2.24, 2.45) is 5.41 Å². The lowest BCUT2D eigenvalue weighted by Crippen LogP contribution is -2.62. The lowest BCUT2D eigenvalue weighted by Gasteiger charge is -2.53. The number of fused-ring (bicyclic) bond motifs is 1. The molecule has 5 nitrogen and oxygen atoms in total. The first-order valence-electron chi connectivity index (χ1n) is 8.14. The summed E-state index contributed by atoms with van der Waals surface area (Å²) in [5, 5.41) is 9.94. The summed E-state index contributed by atoms with van der Waals surface area (Å²) in [7, 11) is 2.11. The average Bonchev–Trinajstić information content (AvgIpc) is 2.85. The number of aliphatic hydroxyl groups excluding tert-OH is 1. The Hall–Kier alpha value is -1.33. The van der Waals surface area contributed by atoms with Crippen LogP contribution in [0.15, 0.2) is 10.5 Å². The summed E-state index contributed by atoms with van der Waals surface area (Å²) in [6.07, 6.45) is 3.06. The molecule has 0 bridgehead atoms. The van der Waals surface area contributed by atoms with Crippen LogP contribution in [0.5, 0.6) is 0 Å². The number of piperidine rings is 2. The fourth-order valence-electron chi connectivity index (χ4n) is 4.21. The summed E-state index contributed by atoms with van der Waals surface area (Å²) < 4.78 is 5.50. The van der Waals surface area contributed by atoms with Crippen molar-refractivity contribution in [3.63, 3.8) is 0 Å². The monoisotopic (exact) mass is 306 g/mol. The van der Waals surface area contributed by atoms with Gasteiger partial charge in [-0.1, -0.05) is 0 Å². The second-order valence-corrected chi connectivity index (χ2v) is 6.95. The van der Waals surface area contributed by atoms with Gasteiger partial charge >= 0.3 is 0 Å². The second kappa shape index (κ2) is 5.70. The minimum absolute atomic E-state index is 0.0366. The first kappa shape index (κ1) is 15.6.